The number of halogens is 3. The van der Waals surface area contributed by atoms with E-state index >= 15 is 0 Å². The van der Waals surface area contributed by atoms with Crippen LogP contribution in [0.2, 0.25) is 0 Å². The highest BCUT2D eigenvalue weighted by atomic mass is 19.4. The normalized spacial score (nSPS) is 22.8. The summed E-state index contributed by atoms with van der Waals surface area (Å²) in [6, 6.07) is 0. The molecule has 2 fully saturated rings. The zero-order valence-corrected chi connectivity index (χ0v) is 14.9. The summed E-state index contributed by atoms with van der Waals surface area (Å²) in [7, 11) is 0. The van der Waals surface area contributed by atoms with E-state index in [1.165, 1.54) is 0 Å². The third kappa shape index (κ3) is 3.13. The number of carbonyl (C=O) groups is 1. The zero-order chi connectivity index (χ0) is 19.4. The van der Waals surface area contributed by atoms with Crippen LogP contribution < -0.4 is 10.6 Å². The second kappa shape index (κ2) is 5.93. The fraction of sp³-hybridized carbons (Fsp3) is 0.529. The van der Waals surface area contributed by atoms with Crippen molar-refractivity contribution in [2.24, 2.45) is 0 Å². The molecule has 2 aromatic heterocycles. The Morgan fingerprint density at radius 1 is 1.37 bits per heavy atom. The van der Waals surface area contributed by atoms with Gasteiger partial charge in [0.2, 0.25) is 11.9 Å². The number of hydrogen-bond acceptors (Lipinski definition) is 5. The summed E-state index contributed by atoms with van der Waals surface area (Å²) in [6.45, 7) is 4.12. The van der Waals surface area contributed by atoms with E-state index in [-0.39, 0.29) is 23.5 Å². The molecule has 1 saturated carbocycles. The minimum Gasteiger partial charge on any atom is -0.354 e. The molecule has 144 valence electrons. The van der Waals surface area contributed by atoms with E-state index in [0.717, 1.165) is 6.20 Å². The van der Waals surface area contributed by atoms with Gasteiger partial charge in [0, 0.05) is 18.7 Å². The number of anilines is 2. The van der Waals surface area contributed by atoms with E-state index in [2.05, 4.69) is 25.7 Å². The molecule has 27 heavy (non-hydrogen) atoms. The van der Waals surface area contributed by atoms with Gasteiger partial charge in [-0.15, -0.1) is 0 Å². The SMILES string of the molecule is Cc1nn(C2(C)CCNC2=O)cc1Nc1ncc(C(F)(F)F)c(C2CC2)n1. The fourth-order valence-corrected chi connectivity index (χ4v) is 3.24. The smallest absolute Gasteiger partial charge is 0.354 e. The van der Waals surface area contributed by atoms with Gasteiger partial charge in [-0.2, -0.15) is 18.3 Å². The number of aryl methyl sites for hydroxylation is 1. The Hall–Kier alpha value is -2.65. The molecule has 2 aliphatic rings. The lowest BCUT2D eigenvalue weighted by molar-refractivity contribution is -0.138. The Bertz CT molecular complexity index is 905. The Morgan fingerprint density at radius 2 is 2.11 bits per heavy atom. The Morgan fingerprint density at radius 3 is 2.70 bits per heavy atom. The minimum absolute atomic E-state index is 0.0344. The van der Waals surface area contributed by atoms with Crippen LogP contribution in [-0.2, 0) is 16.5 Å². The third-order valence-electron chi connectivity index (χ3n) is 5.13. The standard InChI is InChI=1S/C17H19F3N6O/c1-9-12(8-26(25-9)16(2)5-6-21-14(16)27)23-15-22-7-11(17(18,19)20)13(24-15)10-3-4-10/h7-8,10H,3-6H2,1-2H3,(H,21,27)(H,22,23,24). The van der Waals surface area contributed by atoms with Gasteiger partial charge < -0.3 is 10.6 Å². The predicted octanol–water partition coefficient (Wildman–Crippen LogP) is 2.86. The Labute approximate surface area is 153 Å². The van der Waals surface area contributed by atoms with Crippen LogP contribution in [0.5, 0.6) is 0 Å². The van der Waals surface area contributed by atoms with Crippen LogP contribution in [0.15, 0.2) is 12.4 Å². The molecule has 0 spiro atoms. The second-order valence-corrected chi connectivity index (χ2v) is 7.24. The van der Waals surface area contributed by atoms with Crippen molar-refractivity contribution < 1.29 is 18.0 Å². The Kier molecular flexibility index (Phi) is 3.90. The first kappa shape index (κ1) is 17.7. The summed E-state index contributed by atoms with van der Waals surface area (Å²) in [5.74, 6) is -0.193. The van der Waals surface area contributed by atoms with Crippen LogP contribution in [0.4, 0.5) is 24.8 Å². The fourth-order valence-electron chi connectivity index (χ4n) is 3.24. The van der Waals surface area contributed by atoms with Crippen LogP contribution in [0.1, 0.15) is 49.1 Å². The topological polar surface area (TPSA) is 84.7 Å². The molecular weight excluding hydrogens is 361 g/mol. The molecule has 4 rings (SSSR count). The van der Waals surface area contributed by atoms with Crippen molar-refractivity contribution in [1.82, 2.24) is 25.1 Å². The van der Waals surface area contributed by atoms with Crippen LogP contribution in [-0.4, -0.2) is 32.2 Å². The van der Waals surface area contributed by atoms with Crippen molar-refractivity contribution >= 4 is 17.5 Å². The summed E-state index contributed by atoms with van der Waals surface area (Å²) < 4.78 is 41.1. The van der Waals surface area contributed by atoms with Gasteiger partial charge in [0.05, 0.1) is 28.8 Å². The van der Waals surface area contributed by atoms with Crippen LogP contribution in [0.3, 0.4) is 0 Å². The van der Waals surface area contributed by atoms with E-state index in [9.17, 15) is 18.0 Å². The average Bonchev–Trinajstić information content (AvgIpc) is 3.30. The molecule has 1 saturated heterocycles. The highest BCUT2D eigenvalue weighted by Gasteiger charge is 2.41. The quantitative estimate of drug-likeness (QED) is 0.852. The first-order valence-corrected chi connectivity index (χ1v) is 8.75. The summed E-state index contributed by atoms with van der Waals surface area (Å²) in [6.07, 6.45) is 0.0249. The molecule has 2 aromatic rings. The molecule has 1 aliphatic carbocycles. The highest BCUT2D eigenvalue weighted by Crippen LogP contribution is 2.45. The molecule has 0 bridgehead atoms. The maximum atomic E-state index is 13.2. The van der Waals surface area contributed by atoms with Gasteiger partial charge in [-0.3, -0.25) is 9.48 Å². The summed E-state index contributed by atoms with van der Waals surface area (Å²) in [4.78, 5) is 20.1. The summed E-state index contributed by atoms with van der Waals surface area (Å²) in [5, 5.41) is 10.1. The van der Waals surface area contributed by atoms with Crippen molar-refractivity contribution in [1.29, 1.82) is 0 Å². The number of aromatic nitrogens is 4. The van der Waals surface area contributed by atoms with Crippen LogP contribution in [0, 0.1) is 6.92 Å². The average molecular weight is 380 g/mol. The predicted molar refractivity (Wildman–Crippen MR) is 90.5 cm³/mol. The molecule has 1 atom stereocenters. The maximum Gasteiger partial charge on any atom is 0.419 e. The van der Waals surface area contributed by atoms with E-state index in [1.54, 1.807) is 24.7 Å². The van der Waals surface area contributed by atoms with Gasteiger partial charge in [-0.1, -0.05) is 0 Å². The minimum atomic E-state index is -4.47. The van der Waals surface area contributed by atoms with Crippen molar-refractivity contribution in [3.63, 3.8) is 0 Å². The first-order valence-electron chi connectivity index (χ1n) is 8.75. The zero-order valence-electron chi connectivity index (χ0n) is 14.9. The molecule has 3 heterocycles. The van der Waals surface area contributed by atoms with Crippen molar-refractivity contribution in [2.75, 3.05) is 11.9 Å². The van der Waals surface area contributed by atoms with E-state index in [4.69, 9.17) is 0 Å². The number of nitrogens with one attached hydrogen (secondary N) is 2. The molecule has 1 aliphatic heterocycles. The van der Waals surface area contributed by atoms with Crippen molar-refractivity contribution in [2.45, 2.75) is 50.7 Å². The van der Waals surface area contributed by atoms with Gasteiger partial charge in [-0.05, 0) is 33.1 Å². The molecule has 0 aromatic carbocycles. The van der Waals surface area contributed by atoms with Gasteiger partial charge in [0.1, 0.15) is 5.54 Å². The molecule has 10 heteroatoms. The number of amides is 1. The highest BCUT2D eigenvalue weighted by molar-refractivity contribution is 5.86. The van der Waals surface area contributed by atoms with Gasteiger partial charge in [-0.25, -0.2) is 9.97 Å². The van der Waals surface area contributed by atoms with Crippen LogP contribution >= 0.6 is 0 Å². The van der Waals surface area contributed by atoms with Crippen molar-refractivity contribution in [3.8, 4) is 0 Å². The summed E-state index contributed by atoms with van der Waals surface area (Å²) >= 11 is 0. The van der Waals surface area contributed by atoms with Gasteiger partial charge in [0.15, 0.2) is 0 Å². The van der Waals surface area contributed by atoms with E-state index in [1.807, 2.05) is 0 Å². The molecular formula is C17H19F3N6O. The van der Waals surface area contributed by atoms with Crippen LogP contribution in [0.25, 0.3) is 0 Å². The number of alkyl halides is 3. The molecule has 0 radical (unpaired) electrons. The lowest BCUT2D eigenvalue weighted by atomic mass is 10.0. The van der Waals surface area contributed by atoms with Crippen molar-refractivity contribution in [3.05, 3.63) is 29.3 Å². The largest absolute Gasteiger partial charge is 0.419 e. The van der Waals surface area contributed by atoms with E-state index < -0.39 is 17.3 Å². The number of rotatable bonds is 4. The lowest BCUT2D eigenvalue weighted by Crippen LogP contribution is -2.38. The number of hydrogen-bond donors (Lipinski definition) is 2. The number of carbonyl (C=O) groups excluding carboxylic acids is 1. The first-order chi connectivity index (χ1) is 12.7. The summed E-state index contributed by atoms with van der Waals surface area (Å²) in [5.41, 5.74) is -0.375. The maximum absolute atomic E-state index is 13.2. The molecule has 1 amide bonds. The van der Waals surface area contributed by atoms with Gasteiger partial charge >= 0.3 is 6.18 Å². The number of nitrogens with zero attached hydrogens (tertiary/aromatic N) is 4. The third-order valence-corrected chi connectivity index (χ3v) is 5.13. The van der Waals surface area contributed by atoms with E-state index in [0.29, 0.717) is 37.2 Å². The van der Waals surface area contributed by atoms with Gasteiger partial charge in [0.25, 0.3) is 0 Å². The molecule has 7 nitrogen and oxygen atoms in total. The second-order valence-electron chi connectivity index (χ2n) is 7.24. The lowest BCUT2D eigenvalue weighted by Gasteiger charge is -2.20. The monoisotopic (exact) mass is 380 g/mol. The molecule has 1 unspecified atom stereocenters. The Balaban J connectivity index is 1.63. The molecule has 2 N–H and O–H groups in total.